The first-order chi connectivity index (χ1) is 10.3. The number of pyridine rings is 1. The van der Waals surface area contributed by atoms with Crippen LogP contribution in [0.4, 0.5) is 0 Å². The summed E-state index contributed by atoms with van der Waals surface area (Å²) in [6, 6.07) is 3.08. The molecule has 1 aromatic heterocycles. The molecule has 0 saturated heterocycles. The third kappa shape index (κ3) is 7.41. The molecule has 1 aromatic rings. The van der Waals surface area contributed by atoms with Gasteiger partial charge in [-0.3, -0.25) is 4.98 Å². The zero-order valence-electron chi connectivity index (χ0n) is 12.1. The summed E-state index contributed by atoms with van der Waals surface area (Å²) in [6.45, 7) is -0.569. The molecule has 1 heterocycles. The molecule has 0 bridgehead atoms. The molecule has 0 aromatic carbocycles. The fourth-order valence-corrected chi connectivity index (χ4v) is 1.38. The molecular formula is C13H22N2O7. The van der Waals surface area contributed by atoms with E-state index in [4.69, 9.17) is 25.5 Å². The van der Waals surface area contributed by atoms with Crippen LogP contribution in [0, 0.1) is 0 Å². The van der Waals surface area contributed by atoms with Crippen molar-refractivity contribution in [2.75, 3.05) is 20.2 Å². The topological polar surface area (TPSA) is 163 Å². The number of carbonyl (C=O) groups is 1. The maximum absolute atomic E-state index is 10.2. The largest absolute Gasteiger partial charge is 0.478 e. The Hall–Kier alpha value is -1.62. The number of hydrogen-bond donors (Lipinski definition) is 7. The van der Waals surface area contributed by atoms with Crippen molar-refractivity contribution in [3.05, 3.63) is 30.1 Å². The fraction of sp³-hybridized carbons (Fsp3) is 0.538. The van der Waals surface area contributed by atoms with Gasteiger partial charge in [-0.2, -0.15) is 0 Å². The van der Waals surface area contributed by atoms with Crippen molar-refractivity contribution in [2.24, 2.45) is 0 Å². The number of nitrogens with zero attached hydrogens (tertiary/aromatic N) is 1. The van der Waals surface area contributed by atoms with Crippen molar-refractivity contribution in [3.8, 4) is 0 Å². The van der Waals surface area contributed by atoms with Gasteiger partial charge in [-0.05, 0) is 19.2 Å². The first-order valence-corrected chi connectivity index (χ1v) is 6.46. The second kappa shape index (κ2) is 11.0. The first-order valence-electron chi connectivity index (χ1n) is 6.46. The van der Waals surface area contributed by atoms with E-state index in [1.165, 1.54) is 18.5 Å². The molecule has 0 amide bonds. The maximum atomic E-state index is 10.2. The molecule has 0 saturated carbocycles. The van der Waals surface area contributed by atoms with Crippen LogP contribution in [0.2, 0.25) is 0 Å². The van der Waals surface area contributed by atoms with Gasteiger partial charge >= 0.3 is 5.97 Å². The molecule has 0 aliphatic rings. The van der Waals surface area contributed by atoms with Crippen molar-refractivity contribution in [2.45, 2.75) is 24.4 Å². The van der Waals surface area contributed by atoms with Gasteiger partial charge in [0.05, 0.1) is 18.3 Å². The number of aliphatic hydroxyl groups is 5. The van der Waals surface area contributed by atoms with Gasteiger partial charge < -0.3 is 36.0 Å². The SMILES string of the molecule is CNC[C@H](O)[C@@H](O)[C@H](O)[C@H](O)CO.O=C(O)c1cccnc1. The maximum Gasteiger partial charge on any atom is 0.337 e. The molecule has 9 nitrogen and oxygen atoms in total. The minimum Gasteiger partial charge on any atom is -0.478 e. The van der Waals surface area contributed by atoms with Gasteiger partial charge in [0.1, 0.15) is 18.3 Å². The molecule has 9 heteroatoms. The van der Waals surface area contributed by atoms with Crippen LogP contribution in [0.25, 0.3) is 0 Å². The Kier molecular flexibility index (Phi) is 10.2. The Morgan fingerprint density at radius 3 is 2.18 bits per heavy atom. The summed E-state index contributed by atoms with van der Waals surface area (Å²) < 4.78 is 0. The summed E-state index contributed by atoms with van der Waals surface area (Å²) in [7, 11) is 1.57. The molecule has 22 heavy (non-hydrogen) atoms. The van der Waals surface area contributed by atoms with E-state index in [0.29, 0.717) is 0 Å². The number of likely N-dealkylation sites (N-methyl/N-ethyl adjacent to an activating group) is 1. The van der Waals surface area contributed by atoms with Crippen LogP contribution >= 0.6 is 0 Å². The van der Waals surface area contributed by atoms with E-state index in [1.807, 2.05) is 0 Å². The highest BCUT2D eigenvalue weighted by Gasteiger charge is 2.29. The number of hydrogen-bond acceptors (Lipinski definition) is 8. The third-order valence-corrected chi connectivity index (χ3v) is 2.65. The Balaban J connectivity index is 0.000000425. The molecule has 4 atom stereocenters. The van der Waals surface area contributed by atoms with Gasteiger partial charge in [-0.15, -0.1) is 0 Å². The summed E-state index contributed by atoms with van der Waals surface area (Å²) >= 11 is 0. The van der Waals surface area contributed by atoms with E-state index < -0.39 is 37.0 Å². The highest BCUT2D eigenvalue weighted by atomic mass is 16.4. The van der Waals surface area contributed by atoms with E-state index in [1.54, 1.807) is 13.1 Å². The third-order valence-electron chi connectivity index (χ3n) is 2.65. The van der Waals surface area contributed by atoms with Crippen LogP contribution in [-0.2, 0) is 0 Å². The lowest BCUT2D eigenvalue weighted by Crippen LogP contribution is -2.48. The lowest BCUT2D eigenvalue weighted by atomic mass is 10.0. The second-order valence-corrected chi connectivity index (χ2v) is 4.40. The minimum atomic E-state index is -1.55. The van der Waals surface area contributed by atoms with Gasteiger partial charge in [-0.1, -0.05) is 0 Å². The Morgan fingerprint density at radius 2 is 1.82 bits per heavy atom. The summed E-state index contributed by atoms with van der Waals surface area (Å²) in [6.07, 6.45) is -2.81. The molecule has 0 radical (unpaired) electrons. The summed E-state index contributed by atoms with van der Waals surface area (Å²) in [5, 5.41) is 55.8. The number of carboxylic acid groups (broad SMARTS) is 1. The molecular weight excluding hydrogens is 296 g/mol. The van der Waals surface area contributed by atoms with Crippen LogP contribution in [0.5, 0.6) is 0 Å². The molecule has 126 valence electrons. The standard InChI is InChI=1S/C7H17NO5.C6H5NO2/c1-8-2-4(10)6(12)7(13)5(11)3-9;8-6(9)5-2-1-3-7-4-5/h4-13H,2-3H2,1H3;1-4H,(H,8,9)/t4-,5+,6+,7+;/m0./s1. The van der Waals surface area contributed by atoms with E-state index in [2.05, 4.69) is 10.3 Å². The van der Waals surface area contributed by atoms with Crippen LogP contribution in [0.3, 0.4) is 0 Å². The van der Waals surface area contributed by atoms with Gasteiger partial charge in [0, 0.05) is 18.9 Å². The first kappa shape index (κ1) is 20.4. The Labute approximate surface area is 127 Å². The molecule has 0 spiro atoms. The van der Waals surface area contributed by atoms with Crippen molar-refractivity contribution in [1.29, 1.82) is 0 Å². The second-order valence-electron chi connectivity index (χ2n) is 4.40. The number of rotatable bonds is 7. The van der Waals surface area contributed by atoms with Gasteiger partial charge in [0.2, 0.25) is 0 Å². The number of aliphatic hydroxyl groups excluding tert-OH is 5. The summed E-state index contributed by atoms with van der Waals surface area (Å²) in [4.78, 5) is 13.8. The average molecular weight is 318 g/mol. The molecule has 1 rings (SSSR count). The van der Waals surface area contributed by atoms with Crippen molar-refractivity contribution in [3.63, 3.8) is 0 Å². The molecule has 0 unspecified atom stereocenters. The fourth-order valence-electron chi connectivity index (χ4n) is 1.38. The molecule has 0 fully saturated rings. The van der Waals surface area contributed by atoms with E-state index in [0.717, 1.165) is 0 Å². The Bertz CT molecular complexity index is 418. The molecule has 7 N–H and O–H groups in total. The van der Waals surface area contributed by atoms with Crippen LogP contribution < -0.4 is 5.32 Å². The highest BCUT2D eigenvalue weighted by molar-refractivity contribution is 5.86. The molecule has 0 aliphatic carbocycles. The number of aromatic nitrogens is 1. The van der Waals surface area contributed by atoms with Crippen molar-refractivity contribution >= 4 is 5.97 Å². The quantitative estimate of drug-likeness (QED) is 0.286. The zero-order valence-corrected chi connectivity index (χ0v) is 12.1. The van der Waals surface area contributed by atoms with Crippen molar-refractivity contribution in [1.82, 2.24) is 10.3 Å². The Morgan fingerprint density at radius 1 is 1.23 bits per heavy atom. The van der Waals surface area contributed by atoms with Gasteiger partial charge in [0.15, 0.2) is 0 Å². The van der Waals surface area contributed by atoms with Crippen molar-refractivity contribution < 1.29 is 35.4 Å². The number of aromatic carboxylic acids is 1. The van der Waals surface area contributed by atoms with E-state index >= 15 is 0 Å². The summed E-state index contributed by atoms with van der Waals surface area (Å²) in [5.41, 5.74) is 0.220. The minimum absolute atomic E-state index is 0.0936. The molecule has 0 aliphatic heterocycles. The highest BCUT2D eigenvalue weighted by Crippen LogP contribution is 2.04. The van der Waals surface area contributed by atoms with E-state index in [9.17, 15) is 9.90 Å². The number of carboxylic acids is 1. The van der Waals surface area contributed by atoms with Gasteiger partial charge in [-0.25, -0.2) is 4.79 Å². The zero-order chi connectivity index (χ0) is 17.1. The van der Waals surface area contributed by atoms with E-state index in [-0.39, 0.29) is 12.1 Å². The van der Waals surface area contributed by atoms with Crippen LogP contribution in [0.1, 0.15) is 10.4 Å². The van der Waals surface area contributed by atoms with Gasteiger partial charge in [0.25, 0.3) is 0 Å². The lowest BCUT2D eigenvalue weighted by molar-refractivity contribution is -0.113. The average Bonchev–Trinajstić information content (AvgIpc) is 2.54. The summed E-state index contributed by atoms with van der Waals surface area (Å²) in [5.74, 6) is -0.942. The van der Waals surface area contributed by atoms with Crippen LogP contribution in [0.15, 0.2) is 24.5 Å². The monoisotopic (exact) mass is 318 g/mol. The van der Waals surface area contributed by atoms with Crippen LogP contribution in [-0.4, -0.2) is 86.2 Å². The number of nitrogens with one attached hydrogen (secondary N) is 1. The normalized spacial score (nSPS) is 15.9. The predicted octanol–water partition coefficient (Wildman–Crippen LogP) is -2.58. The smallest absolute Gasteiger partial charge is 0.337 e. The lowest BCUT2D eigenvalue weighted by Gasteiger charge is -2.25. The predicted molar refractivity (Wildman–Crippen MR) is 76.2 cm³/mol.